The molecule has 0 aliphatic carbocycles. The van der Waals surface area contributed by atoms with E-state index in [1.54, 1.807) is 0 Å². The van der Waals surface area contributed by atoms with Crippen molar-refractivity contribution in [2.24, 2.45) is 0 Å². The van der Waals surface area contributed by atoms with Gasteiger partial charge in [-0.3, -0.25) is 4.68 Å². The highest BCUT2D eigenvalue weighted by Gasteiger charge is 2.14. The van der Waals surface area contributed by atoms with Crippen molar-refractivity contribution < 1.29 is 5.11 Å². The van der Waals surface area contributed by atoms with E-state index in [-0.39, 0.29) is 6.10 Å². The second-order valence-electron chi connectivity index (χ2n) is 4.24. The van der Waals surface area contributed by atoms with Gasteiger partial charge in [-0.05, 0) is 40.2 Å². The van der Waals surface area contributed by atoms with Gasteiger partial charge in [-0.1, -0.05) is 0 Å². The van der Waals surface area contributed by atoms with Crippen LogP contribution in [0.3, 0.4) is 0 Å². The Hall–Kier alpha value is -0.830. The first kappa shape index (κ1) is 11.2. The lowest BCUT2D eigenvalue weighted by molar-refractivity contribution is 0.195. The van der Waals surface area contributed by atoms with Crippen LogP contribution in [0.4, 0.5) is 0 Å². The molecular formula is C11H20N2O. The number of aliphatic hydroxyl groups is 1. The van der Waals surface area contributed by atoms with E-state index < -0.39 is 0 Å². The number of aromatic nitrogens is 2. The molecule has 80 valence electrons. The fourth-order valence-corrected chi connectivity index (χ4v) is 1.79. The molecule has 14 heavy (non-hydrogen) atoms. The van der Waals surface area contributed by atoms with Crippen LogP contribution in [0, 0.1) is 13.8 Å². The van der Waals surface area contributed by atoms with Crippen LogP contribution in [0.2, 0.25) is 0 Å². The summed E-state index contributed by atoms with van der Waals surface area (Å²) in [6, 6.07) is 0.386. The van der Waals surface area contributed by atoms with Crippen LogP contribution < -0.4 is 0 Å². The lowest BCUT2D eigenvalue weighted by Gasteiger charge is -2.09. The molecule has 1 heterocycles. The molecule has 0 spiro atoms. The zero-order valence-electron chi connectivity index (χ0n) is 9.70. The summed E-state index contributed by atoms with van der Waals surface area (Å²) >= 11 is 0. The third kappa shape index (κ3) is 2.15. The predicted molar refractivity (Wildman–Crippen MR) is 57.5 cm³/mol. The summed E-state index contributed by atoms with van der Waals surface area (Å²) in [5.74, 6) is 0. The van der Waals surface area contributed by atoms with Gasteiger partial charge < -0.3 is 5.11 Å². The molecule has 0 aliphatic heterocycles. The summed E-state index contributed by atoms with van der Waals surface area (Å²) in [5, 5.41) is 13.8. The number of aliphatic hydroxyl groups excluding tert-OH is 1. The van der Waals surface area contributed by atoms with Crippen molar-refractivity contribution in [3.8, 4) is 0 Å². The van der Waals surface area contributed by atoms with Gasteiger partial charge in [0.1, 0.15) is 0 Å². The smallest absolute Gasteiger partial charge is 0.0629 e. The van der Waals surface area contributed by atoms with Gasteiger partial charge in [-0.2, -0.15) is 5.10 Å². The molecule has 0 saturated carbocycles. The standard InChI is InChI=1S/C11H20N2O/c1-7(2)13-10(5)11(6-8(3)14)9(4)12-13/h7-8,14H,6H2,1-5H3/t8-/m1/s1. The summed E-state index contributed by atoms with van der Waals surface area (Å²) in [7, 11) is 0. The second kappa shape index (κ2) is 4.13. The Morgan fingerprint density at radius 2 is 1.86 bits per heavy atom. The molecule has 0 aliphatic rings. The van der Waals surface area contributed by atoms with Crippen LogP contribution >= 0.6 is 0 Å². The van der Waals surface area contributed by atoms with Crippen LogP contribution in [0.25, 0.3) is 0 Å². The molecule has 0 aromatic carbocycles. The number of rotatable bonds is 3. The molecule has 0 amide bonds. The monoisotopic (exact) mass is 196 g/mol. The molecule has 0 unspecified atom stereocenters. The highest BCUT2D eigenvalue weighted by Crippen LogP contribution is 2.18. The average Bonchev–Trinajstić information content (AvgIpc) is 2.31. The van der Waals surface area contributed by atoms with Crippen molar-refractivity contribution in [3.05, 3.63) is 17.0 Å². The molecule has 1 atom stereocenters. The SMILES string of the molecule is Cc1nn(C(C)C)c(C)c1C[C@@H](C)O. The molecule has 1 N–H and O–H groups in total. The van der Waals surface area contributed by atoms with Gasteiger partial charge >= 0.3 is 0 Å². The van der Waals surface area contributed by atoms with Crippen molar-refractivity contribution in [1.29, 1.82) is 0 Å². The van der Waals surface area contributed by atoms with Gasteiger partial charge in [0.25, 0.3) is 0 Å². The topological polar surface area (TPSA) is 38.0 Å². The fourth-order valence-electron chi connectivity index (χ4n) is 1.79. The minimum absolute atomic E-state index is 0.294. The van der Waals surface area contributed by atoms with E-state index in [1.807, 2.05) is 18.5 Å². The Labute approximate surface area is 85.8 Å². The van der Waals surface area contributed by atoms with Gasteiger partial charge in [0.2, 0.25) is 0 Å². The Morgan fingerprint density at radius 3 is 2.21 bits per heavy atom. The van der Waals surface area contributed by atoms with E-state index in [1.165, 1.54) is 11.3 Å². The largest absolute Gasteiger partial charge is 0.393 e. The molecular weight excluding hydrogens is 176 g/mol. The predicted octanol–water partition coefficient (Wildman–Crippen LogP) is 2.00. The quantitative estimate of drug-likeness (QED) is 0.803. The summed E-state index contributed by atoms with van der Waals surface area (Å²) in [6.45, 7) is 10.1. The maximum atomic E-state index is 9.37. The van der Waals surface area contributed by atoms with Gasteiger partial charge in [-0.15, -0.1) is 0 Å². The van der Waals surface area contributed by atoms with Crippen LogP contribution in [-0.4, -0.2) is 21.0 Å². The molecule has 1 aromatic heterocycles. The first-order valence-electron chi connectivity index (χ1n) is 5.16. The van der Waals surface area contributed by atoms with Gasteiger partial charge in [0.15, 0.2) is 0 Å². The van der Waals surface area contributed by atoms with E-state index in [0.29, 0.717) is 12.5 Å². The Kier molecular flexibility index (Phi) is 3.32. The van der Waals surface area contributed by atoms with Gasteiger partial charge in [-0.25, -0.2) is 0 Å². The van der Waals surface area contributed by atoms with Crippen molar-refractivity contribution in [1.82, 2.24) is 9.78 Å². The van der Waals surface area contributed by atoms with Gasteiger partial charge in [0.05, 0.1) is 11.8 Å². The van der Waals surface area contributed by atoms with Crippen LogP contribution in [0.1, 0.15) is 43.8 Å². The number of nitrogens with zero attached hydrogens (tertiary/aromatic N) is 2. The summed E-state index contributed by atoms with van der Waals surface area (Å²) in [6.07, 6.45) is 0.405. The Morgan fingerprint density at radius 1 is 1.29 bits per heavy atom. The molecule has 3 nitrogen and oxygen atoms in total. The van der Waals surface area contributed by atoms with Crippen molar-refractivity contribution in [3.63, 3.8) is 0 Å². The highest BCUT2D eigenvalue weighted by atomic mass is 16.3. The third-order valence-electron chi connectivity index (χ3n) is 2.46. The Bertz CT molecular complexity index is 313. The zero-order chi connectivity index (χ0) is 10.9. The summed E-state index contributed by atoms with van der Waals surface area (Å²) in [4.78, 5) is 0. The third-order valence-corrected chi connectivity index (χ3v) is 2.46. The second-order valence-corrected chi connectivity index (χ2v) is 4.24. The lowest BCUT2D eigenvalue weighted by atomic mass is 10.1. The normalized spacial score (nSPS) is 13.6. The summed E-state index contributed by atoms with van der Waals surface area (Å²) < 4.78 is 2.02. The van der Waals surface area contributed by atoms with E-state index in [4.69, 9.17) is 0 Å². The van der Waals surface area contributed by atoms with Gasteiger partial charge in [0, 0.05) is 18.2 Å². The van der Waals surface area contributed by atoms with E-state index in [9.17, 15) is 5.11 Å². The number of hydrogen-bond acceptors (Lipinski definition) is 2. The molecule has 0 bridgehead atoms. The Balaban J connectivity index is 3.05. The zero-order valence-corrected chi connectivity index (χ0v) is 9.70. The molecule has 3 heteroatoms. The fraction of sp³-hybridized carbons (Fsp3) is 0.727. The first-order chi connectivity index (χ1) is 6.43. The maximum Gasteiger partial charge on any atom is 0.0629 e. The van der Waals surface area contributed by atoms with E-state index >= 15 is 0 Å². The van der Waals surface area contributed by atoms with E-state index in [0.717, 1.165) is 5.69 Å². The minimum atomic E-state index is -0.294. The lowest BCUT2D eigenvalue weighted by Crippen LogP contribution is -2.08. The highest BCUT2D eigenvalue weighted by molar-refractivity contribution is 5.25. The van der Waals surface area contributed by atoms with Crippen molar-refractivity contribution >= 4 is 0 Å². The average molecular weight is 196 g/mol. The molecule has 1 rings (SSSR count). The van der Waals surface area contributed by atoms with Crippen molar-refractivity contribution in [2.75, 3.05) is 0 Å². The molecule has 0 fully saturated rings. The first-order valence-corrected chi connectivity index (χ1v) is 5.16. The minimum Gasteiger partial charge on any atom is -0.393 e. The molecule has 0 radical (unpaired) electrons. The van der Waals surface area contributed by atoms with E-state index in [2.05, 4.69) is 25.9 Å². The van der Waals surface area contributed by atoms with Crippen molar-refractivity contribution in [2.45, 2.75) is 53.2 Å². The van der Waals surface area contributed by atoms with Crippen LogP contribution in [-0.2, 0) is 6.42 Å². The maximum absolute atomic E-state index is 9.37. The van der Waals surface area contributed by atoms with Crippen LogP contribution in [0.15, 0.2) is 0 Å². The number of aryl methyl sites for hydroxylation is 1. The molecule has 1 aromatic rings. The number of hydrogen-bond donors (Lipinski definition) is 1. The molecule has 0 saturated heterocycles. The summed E-state index contributed by atoms with van der Waals surface area (Å²) in [5.41, 5.74) is 3.41. The van der Waals surface area contributed by atoms with Crippen LogP contribution in [0.5, 0.6) is 0 Å².